The number of nitrogens with two attached hydrogens (primary N) is 1. The zero-order valence-electron chi connectivity index (χ0n) is 9.82. The van der Waals surface area contributed by atoms with Crippen molar-refractivity contribution >= 4 is 11.3 Å². The zero-order chi connectivity index (χ0) is 13.4. The van der Waals surface area contributed by atoms with Gasteiger partial charge in [0, 0.05) is 23.6 Å². The molecule has 0 radical (unpaired) electrons. The summed E-state index contributed by atoms with van der Waals surface area (Å²) < 4.78 is 16.2. The Kier molecular flexibility index (Phi) is 2.52. The third-order valence-electron chi connectivity index (χ3n) is 2.85. The molecule has 7 heteroatoms. The summed E-state index contributed by atoms with van der Waals surface area (Å²) in [6.45, 7) is -0.0149. The lowest BCUT2D eigenvalue weighted by Crippen LogP contribution is -2.22. The molecule has 96 valence electrons. The van der Waals surface area contributed by atoms with E-state index in [1.165, 1.54) is 35.1 Å². The molecule has 0 aliphatic carbocycles. The van der Waals surface area contributed by atoms with Gasteiger partial charge in [-0.05, 0) is 12.1 Å². The quantitative estimate of drug-likeness (QED) is 0.686. The molecule has 2 heterocycles. The van der Waals surface area contributed by atoms with Crippen molar-refractivity contribution in [2.75, 3.05) is 5.73 Å². The Hall–Kier alpha value is -2.70. The Morgan fingerprint density at radius 3 is 2.95 bits per heavy atom. The molecule has 3 rings (SSSR count). The molecule has 0 unspecified atom stereocenters. The predicted octanol–water partition coefficient (Wildman–Crippen LogP) is 0.661. The van der Waals surface area contributed by atoms with E-state index < -0.39 is 5.82 Å². The fraction of sp³-hybridized carbons (Fsp3) is 0.0833. The van der Waals surface area contributed by atoms with E-state index in [2.05, 4.69) is 10.1 Å². The second kappa shape index (κ2) is 4.20. The van der Waals surface area contributed by atoms with Gasteiger partial charge < -0.3 is 5.73 Å². The summed E-state index contributed by atoms with van der Waals surface area (Å²) in [6, 6.07) is 4.40. The van der Waals surface area contributed by atoms with E-state index >= 15 is 0 Å². The Bertz CT molecular complexity index is 787. The van der Waals surface area contributed by atoms with Gasteiger partial charge in [0.2, 0.25) is 0 Å². The van der Waals surface area contributed by atoms with Gasteiger partial charge in [0.1, 0.15) is 5.82 Å². The minimum absolute atomic E-state index is 0.0149. The van der Waals surface area contributed by atoms with Gasteiger partial charge in [-0.3, -0.25) is 4.98 Å². The van der Waals surface area contributed by atoms with Gasteiger partial charge in [0.15, 0.2) is 5.65 Å². The average Bonchev–Trinajstić information content (AvgIpc) is 2.72. The van der Waals surface area contributed by atoms with Crippen molar-refractivity contribution in [3.63, 3.8) is 0 Å². The van der Waals surface area contributed by atoms with Crippen LogP contribution in [0.15, 0.2) is 41.6 Å². The lowest BCUT2D eigenvalue weighted by molar-refractivity contribution is 0.580. The summed E-state index contributed by atoms with van der Waals surface area (Å²) in [5, 5.41) is 4.07. The van der Waals surface area contributed by atoms with Gasteiger partial charge in [0.05, 0.1) is 12.7 Å². The molecular weight excluding hydrogens is 249 g/mol. The van der Waals surface area contributed by atoms with Crippen LogP contribution in [0.25, 0.3) is 5.65 Å². The normalized spacial score (nSPS) is 11.0. The Morgan fingerprint density at radius 1 is 1.37 bits per heavy atom. The molecule has 0 saturated heterocycles. The van der Waals surface area contributed by atoms with Crippen LogP contribution in [0, 0.1) is 5.82 Å². The van der Waals surface area contributed by atoms with Gasteiger partial charge >= 0.3 is 5.69 Å². The summed E-state index contributed by atoms with van der Waals surface area (Å²) in [5.74, 6) is -0.456. The number of fused-ring (bicyclic) bond motifs is 1. The van der Waals surface area contributed by atoms with Crippen molar-refractivity contribution in [1.82, 2.24) is 19.2 Å². The van der Waals surface area contributed by atoms with E-state index in [1.807, 2.05) is 0 Å². The van der Waals surface area contributed by atoms with Gasteiger partial charge in [-0.15, -0.1) is 5.10 Å². The SMILES string of the molecule is Nc1cccc(F)c1Cn1nc2cnccn2c1=O. The topological polar surface area (TPSA) is 78.2 Å². The van der Waals surface area contributed by atoms with Crippen LogP contribution in [-0.2, 0) is 6.54 Å². The summed E-state index contributed by atoms with van der Waals surface area (Å²) in [5.41, 5.74) is 6.30. The van der Waals surface area contributed by atoms with Crippen molar-refractivity contribution in [2.24, 2.45) is 0 Å². The first-order chi connectivity index (χ1) is 9.16. The highest BCUT2D eigenvalue weighted by Gasteiger charge is 2.11. The maximum Gasteiger partial charge on any atom is 0.350 e. The Balaban J connectivity index is 2.11. The molecule has 0 bridgehead atoms. The molecule has 3 aromatic rings. The summed E-state index contributed by atoms with van der Waals surface area (Å²) >= 11 is 0. The molecule has 0 spiro atoms. The third kappa shape index (κ3) is 1.85. The van der Waals surface area contributed by atoms with Crippen LogP contribution in [0.3, 0.4) is 0 Å². The van der Waals surface area contributed by atoms with Crippen molar-refractivity contribution in [3.05, 3.63) is 58.7 Å². The highest BCUT2D eigenvalue weighted by molar-refractivity contribution is 5.47. The highest BCUT2D eigenvalue weighted by Crippen LogP contribution is 2.16. The van der Waals surface area contributed by atoms with Crippen LogP contribution in [0.5, 0.6) is 0 Å². The maximum atomic E-state index is 13.7. The van der Waals surface area contributed by atoms with Gasteiger partial charge in [-0.2, -0.15) is 0 Å². The van der Waals surface area contributed by atoms with E-state index in [0.29, 0.717) is 11.3 Å². The number of nitrogens with zero attached hydrogens (tertiary/aromatic N) is 4. The smallest absolute Gasteiger partial charge is 0.350 e. The van der Waals surface area contributed by atoms with Gasteiger partial charge in [-0.25, -0.2) is 18.3 Å². The predicted molar refractivity (Wildman–Crippen MR) is 67.2 cm³/mol. The second-order valence-electron chi connectivity index (χ2n) is 4.05. The minimum atomic E-state index is -0.456. The second-order valence-corrected chi connectivity index (χ2v) is 4.05. The molecule has 0 aliphatic rings. The average molecular weight is 259 g/mol. The molecule has 0 fully saturated rings. The Labute approximate surface area is 106 Å². The standard InChI is InChI=1S/C12H10FN5O/c13-9-2-1-3-10(14)8(9)7-18-12(19)17-5-4-15-6-11(17)16-18/h1-6H,7,14H2. The van der Waals surface area contributed by atoms with E-state index in [9.17, 15) is 9.18 Å². The van der Waals surface area contributed by atoms with E-state index in [1.54, 1.807) is 6.07 Å². The van der Waals surface area contributed by atoms with Crippen LogP contribution in [0.2, 0.25) is 0 Å². The highest BCUT2D eigenvalue weighted by atomic mass is 19.1. The number of anilines is 1. The van der Waals surface area contributed by atoms with E-state index in [0.717, 1.165) is 4.68 Å². The fourth-order valence-corrected chi connectivity index (χ4v) is 1.87. The van der Waals surface area contributed by atoms with Crippen LogP contribution in [0.1, 0.15) is 5.56 Å². The first-order valence-corrected chi connectivity index (χ1v) is 5.59. The molecule has 0 amide bonds. The third-order valence-corrected chi connectivity index (χ3v) is 2.85. The first kappa shape index (κ1) is 11.4. The summed E-state index contributed by atoms with van der Waals surface area (Å²) in [6.07, 6.45) is 4.45. The summed E-state index contributed by atoms with van der Waals surface area (Å²) in [7, 11) is 0. The van der Waals surface area contributed by atoms with Crippen molar-refractivity contribution in [3.8, 4) is 0 Å². The number of rotatable bonds is 2. The van der Waals surface area contributed by atoms with Crippen molar-refractivity contribution in [1.29, 1.82) is 0 Å². The molecule has 2 N–H and O–H groups in total. The maximum absolute atomic E-state index is 13.7. The number of nitrogen functional groups attached to an aromatic ring is 1. The van der Waals surface area contributed by atoms with Crippen molar-refractivity contribution in [2.45, 2.75) is 6.54 Å². The van der Waals surface area contributed by atoms with E-state index in [-0.39, 0.29) is 17.8 Å². The largest absolute Gasteiger partial charge is 0.398 e. The molecule has 6 nitrogen and oxygen atoms in total. The minimum Gasteiger partial charge on any atom is -0.398 e. The van der Waals surface area contributed by atoms with Crippen molar-refractivity contribution < 1.29 is 4.39 Å². The number of halogens is 1. The lowest BCUT2D eigenvalue weighted by atomic mass is 10.1. The summed E-state index contributed by atoms with van der Waals surface area (Å²) in [4.78, 5) is 15.9. The molecule has 0 saturated carbocycles. The van der Waals surface area contributed by atoms with E-state index in [4.69, 9.17) is 5.73 Å². The first-order valence-electron chi connectivity index (χ1n) is 5.59. The monoisotopic (exact) mass is 259 g/mol. The molecule has 19 heavy (non-hydrogen) atoms. The van der Waals surface area contributed by atoms with Gasteiger partial charge in [0.25, 0.3) is 0 Å². The van der Waals surface area contributed by atoms with Crippen LogP contribution in [0.4, 0.5) is 10.1 Å². The fourth-order valence-electron chi connectivity index (χ4n) is 1.87. The number of hydrogen-bond donors (Lipinski definition) is 1. The number of aromatic nitrogens is 4. The van der Waals surface area contributed by atoms with Crippen LogP contribution >= 0.6 is 0 Å². The van der Waals surface area contributed by atoms with Gasteiger partial charge in [-0.1, -0.05) is 6.07 Å². The molecular formula is C12H10FN5O. The van der Waals surface area contributed by atoms with Crippen LogP contribution in [-0.4, -0.2) is 19.2 Å². The molecule has 1 aromatic carbocycles. The molecule has 0 atom stereocenters. The molecule has 2 aromatic heterocycles. The Morgan fingerprint density at radius 2 is 2.21 bits per heavy atom. The zero-order valence-corrected chi connectivity index (χ0v) is 9.82. The lowest BCUT2D eigenvalue weighted by Gasteiger charge is -2.05. The molecule has 0 aliphatic heterocycles. The number of benzene rings is 1. The number of hydrogen-bond acceptors (Lipinski definition) is 4. The van der Waals surface area contributed by atoms with Crippen LogP contribution < -0.4 is 11.4 Å².